The van der Waals surface area contributed by atoms with Crippen LogP contribution in [0.2, 0.25) is 0 Å². The minimum absolute atomic E-state index is 0.282. The molecule has 0 bridgehead atoms. The molecule has 1 aliphatic rings. The predicted molar refractivity (Wildman–Crippen MR) is 69.3 cm³/mol. The summed E-state index contributed by atoms with van der Waals surface area (Å²) in [5.74, 6) is 0.176. The molecule has 1 unspecified atom stereocenters. The smallest absolute Gasteiger partial charge is 0.324 e. The highest BCUT2D eigenvalue weighted by Gasteiger charge is 2.22. The van der Waals surface area contributed by atoms with Crippen molar-refractivity contribution in [1.82, 2.24) is 10.2 Å². The van der Waals surface area contributed by atoms with Crippen LogP contribution >= 0.6 is 0 Å². The van der Waals surface area contributed by atoms with Crippen LogP contribution < -0.4 is 5.32 Å². The number of piperidine rings is 1. The van der Waals surface area contributed by atoms with E-state index in [1.807, 2.05) is 6.07 Å². The molecule has 96 valence electrons. The molecule has 0 radical (unpaired) electrons. The average molecular weight is 246 g/mol. The van der Waals surface area contributed by atoms with Crippen LogP contribution in [0.15, 0.2) is 30.3 Å². The van der Waals surface area contributed by atoms with Gasteiger partial charge >= 0.3 is 6.03 Å². The van der Waals surface area contributed by atoms with Gasteiger partial charge in [0.15, 0.2) is 0 Å². The van der Waals surface area contributed by atoms with E-state index < -0.39 is 0 Å². The maximum atomic E-state index is 11.9. The third-order valence-electron chi connectivity index (χ3n) is 3.20. The van der Waals surface area contributed by atoms with E-state index in [4.69, 9.17) is 0 Å². The van der Waals surface area contributed by atoms with Gasteiger partial charge in [-0.2, -0.15) is 0 Å². The number of likely N-dealkylation sites (tertiary alicyclic amines) is 1. The number of nitrogens with one attached hydrogen (secondary N) is 1. The molecule has 18 heavy (non-hydrogen) atoms. The Labute approximate surface area is 107 Å². The van der Waals surface area contributed by atoms with E-state index in [0.29, 0.717) is 11.5 Å². The first kappa shape index (κ1) is 12.6. The van der Waals surface area contributed by atoms with E-state index in [0.717, 1.165) is 25.9 Å². The Morgan fingerprint density at radius 1 is 1.28 bits per heavy atom. The lowest BCUT2D eigenvalue weighted by Crippen LogP contribution is -2.46. The molecule has 0 aromatic heterocycles. The molecule has 1 saturated heterocycles. The van der Waals surface area contributed by atoms with Gasteiger partial charge in [-0.25, -0.2) is 4.79 Å². The normalized spacial score (nSPS) is 19.4. The van der Waals surface area contributed by atoms with Crippen molar-refractivity contribution in [2.75, 3.05) is 13.1 Å². The Morgan fingerprint density at radius 3 is 2.67 bits per heavy atom. The zero-order chi connectivity index (χ0) is 13.0. The van der Waals surface area contributed by atoms with Crippen molar-refractivity contribution in [1.29, 1.82) is 0 Å². The number of hydrogen-bond acceptors (Lipinski definition) is 2. The number of hydrogen-bond donors (Lipinski definition) is 1. The number of carbonyl (C=O) groups is 2. The predicted octanol–water partition coefficient (Wildman–Crippen LogP) is 2.27. The zero-order valence-electron chi connectivity index (χ0n) is 10.6. The van der Waals surface area contributed by atoms with Gasteiger partial charge in [-0.1, -0.05) is 25.1 Å². The number of amides is 3. The molecule has 0 saturated carbocycles. The summed E-state index contributed by atoms with van der Waals surface area (Å²) < 4.78 is 0. The minimum Gasteiger partial charge on any atom is -0.324 e. The number of carbonyl (C=O) groups excluding carboxylic acids is 2. The Morgan fingerprint density at radius 2 is 2.00 bits per heavy atom. The third kappa shape index (κ3) is 3.09. The van der Waals surface area contributed by atoms with Gasteiger partial charge in [-0.3, -0.25) is 10.1 Å². The molecule has 1 aromatic rings. The largest absolute Gasteiger partial charge is 0.324 e. The van der Waals surface area contributed by atoms with Crippen LogP contribution in [0.4, 0.5) is 4.79 Å². The summed E-state index contributed by atoms with van der Waals surface area (Å²) in [5.41, 5.74) is 0.510. The summed E-state index contributed by atoms with van der Waals surface area (Å²) in [6.45, 7) is 3.59. The molecule has 1 heterocycles. The van der Waals surface area contributed by atoms with Gasteiger partial charge in [-0.05, 0) is 30.9 Å². The van der Waals surface area contributed by atoms with Crippen molar-refractivity contribution in [3.63, 3.8) is 0 Å². The van der Waals surface area contributed by atoms with Crippen LogP contribution in [0, 0.1) is 5.92 Å². The molecule has 1 fully saturated rings. The molecule has 1 atom stereocenters. The molecule has 4 nitrogen and oxygen atoms in total. The molecule has 0 spiro atoms. The Kier molecular flexibility index (Phi) is 3.97. The number of nitrogens with zero attached hydrogens (tertiary/aromatic N) is 1. The highest BCUT2D eigenvalue weighted by molar-refractivity contribution is 6.04. The van der Waals surface area contributed by atoms with Gasteiger partial charge in [0.2, 0.25) is 0 Å². The third-order valence-corrected chi connectivity index (χ3v) is 3.20. The molecule has 1 aliphatic heterocycles. The molecule has 1 aromatic carbocycles. The quantitative estimate of drug-likeness (QED) is 0.826. The number of urea groups is 1. The molecular formula is C14H18N2O2. The molecule has 3 amide bonds. The lowest BCUT2D eigenvalue weighted by Gasteiger charge is -2.30. The van der Waals surface area contributed by atoms with Gasteiger partial charge in [0, 0.05) is 18.7 Å². The van der Waals surface area contributed by atoms with Crippen molar-refractivity contribution in [3.8, 4) is 0 Å². The standard InChI is InChI=1S/C14H18N2O2/c1-11-6-5-9-16(10-11)14(18)15-13(17)12-7-3-2-4-8-12/h2-4,7-8,11H,5-6,9-10H2,1H3,(H,15,17,18). The van der Waals surface area contributed by atoms with Crippen molar-refractivity contribution >= 4 is 11.9 Å². The first-order valence-corrected chi connectivity index (χ1v) is 6.32. The summed E-state index contributed by atoms with van der Waals surface area (Å²) >= 11 is 0. The Bertz CT molecular complexity index is 431. The summed E-state index contributed by atoms with van der Waals surface area (Å²) in [6, 6.07) is 8.51. The van der Waals surface area contributed by atoms with Crippen molar-refractivity contribution < 1.29 is 9.59 Å². The van der Waals surface area contributed by atoms with Gasteiger partial charge in [0.05, 0.1) is 0 Å². The summed E-state index contributed by atoms with van der Waals surface area (Å²) in [5, 5.41) is 2.43. The van der Waals surface area contributed by atoms with E-state index in [1.165, 1.54) is 0 Å². The van der Waals surface area contributed by atoms with Gasteiger partial charge in [-0.15, -0.1) is 0 Å². The van der Waals surface area contributed by atoms with E-state index in [-0.39, 0.29) is 11.9 Å². The van der Waals surface area contributed by atoms with E-state index in [2.05, 4.69) is 12.2 Å². The second kappa shape index (κ2) is 5.67. The van der Waals surface area contributed by atoms with Gasteiger partial charge in [0.25, 0.3) is 5.91 Å². The van der Waals surface area contributed by atoms with Crippen molar-refractivity contribution in [2.24, 2.45) is 5.92 Å². The molecule has 4 heteroatoms. The van der Waals surface area contributed by atoms with Crippen LogP contribution in [0.5, 0.6) is 0 Å². The Hall–Kier alpha value is -1.84. The highest BCUT2D eigenvalue weighted by Crippen LogP contribution is 2.15. The Balaban J connectivity index is 1.93. The first-order valence-electron chi connectivity index (χ1n) is 6.32. The van der Waals surface area contributed by atoms with Crippen LogP contribution in [-0.4, -0.2) is 29.9 Å². The number of benzene rings is 1. The first-order chi connectivity index (χ1) is 8.66. The molecular weight excluding hydrogens is 228 g/mol. The fourth-order valence-corrected chi connectivity index (χ4v) is 2.21. The SMILES string of the molecule is CC1CCCN(C(=O)NC(=O)c2ccccc2)C1. The lowest BCUT2D eigenvalue weighted by molar-refractivity contribution is 0.0944. The average Bonchev–Trinajstić information content (AvgIpc) is 2.39. The van der Waals surface area contributed by atoms with Crippen LogP contribution in [-0.2, 0) is 0 Å². The van der Waals surface area contributed by atoms with Crippen LogP contribution in [0.25, 0.3) is 0 Å². The van der Waals surface area contributed by atoms with Gasteiger partial charge in [0.1, 0.15) is 0 Å². The fourth-order valence-electron chi connectivity index (χ4n) is 2.21. The molecule has 0 aliphatic carbocycles. The molecule has 1 N–H and O–H groups in total. The van der Waals surface area contributed by atoms with E-state index in [9.17, 15) is 9.59 Å². The second-order valence-electron chi connectivity index (χ2n) is 4.82. The molecule has 2 rings (SSSR count). The van der Waals surface area contributed by atoms with Crippen molar-refractivity contribution in [3.05, 3.63) is 35.9 Å². The van der Waals surface area contributed by atoms with E-state index in [1.54, 1.807) is 29.2 Å². The number of rotatable bonds is 1. The van der Waals surface area contributed by atoms with E-state index >= 15 is 0 Å². The van der Waals surface area contributed by atoms with Gasteiger partial charge < -0.3 is 4.90 Å². The summed E-state index contributed by atoms with van der Waals surface area (Å²) in [4.78, 5) is 25.5. The minimum atomic E-state index is -0.334. The highest BCUT2D eigenvalue weighted by atomic mass is 16.2. The van der Waals surface area contributed by atoms with Crippen LogP contribution in [0.3, 0.4) is 0 Å². The van der Waals surface area contributed by atoms with Crippen molar-refractivity contribution in [2.45, 2.75) is 19.8 Å². The second-order valence-corrected chi connectivity index (χ2v) is 4.82. The summed E-state index contributed by atoms with van der Waals surface area (Å²) in [6.07, 6.45) is 2.16. The topological polar surface area (TPSA) is 49.4 Å². The summed E-state index contributed by atoms with van der Waals surface area (Å²) in [7, 11) is 0. The maximum absolute atomic E-state index is 11.9. The van der Waals surface area contributed by atoms with Crippen LogP contribution in [0.1, 0.15) is 30.1 Å². The fraction of sp³-hybridized carbons (Fsp3) is 0.429. The monoisotopic (exact) mass is 246 g/mol. The zero-order valence-corrected chi connectivity index (χ0v) is 10.6. The lowest BCUT2D eigenvalue weighted by atomic mass is 10.0. The number of imide groups is 1. The maximum Gasteiger partial charge on any atom is 0.324 e.